The maximum Gasteiger partial charge on any atom is 0.134 e. The topological polar surface area (TPSA) is 32.3 Å². The van der Waals surface area contributed by atoms with Gasteiger partial charge in [0.2, 0.25) is 0 Å². The second-order valence-corrected chi connectivity index (χ2v) is 6.27. The van der Waals surface area contributed by atoms with Gasteiger partial charge in [0.05, 0.1) is 0 Å². The molecule has 4 heteroatoms. The average molecular weight is 294 g/mol. The van der Waals surface area contributed by atoms with Crippen molar-refractivity contribution in [2.75, 3.05) is 36.0 Å². The molecule has 2 saturated heterocycles. The molecule has 0 saturated carbocycles. The van der Waals surface area contributed by atoms with Crippen molar-refractivity contribution in [2.45, 2.75) is 25.2 Å². The molecular weight excluding hydrogens is 272 g/mol. The van der Waals surface area contributed by atoms with Crippen LogP contribution in [0.5, 0.6) is 0 Å². The van der Waals surface area contributed by atoms with Crippen LogP contribution < -0.4 is 9.80 Å². The van der Waals surface area contributed by atoms with Crippen LogP contribution in [0.1, 0.15) is 30.7 Å². The average Bonchev–Trinajstić information content (AvgIpc) is 3.28. The van der Waals surface area contributed by atoms with Crippen LogP contribution in [0.25, 0.3) is 0 Å². The third kappa shape index (κ3) is 2.65. The zero-order valence-corrected chi connectivity index (χ0v) is 12.9. The molecule has 1 atom stereocenters. The summed E-state index contributed by atoms with van der Waals surface area (Å²) >= 11 is 0. The molecule has 1 aromatic carbocycles. The van der Waals surface area contributed by atoms with E-state index in [1.807, 2.05) is 0 Å². The molecule has 2 aliphatic heterocycles. The van der Waals surface area contributed by atoms with E-state index in [0.717, 1.165) is 37.8 Å². The van der Waals surface area contributed by atoms with Crippen LogP contribution in [0.3, 0.4) is 0 Å². The molecule has 114 valence electrons. The van der Waals surface area contributed by atoms with E-state index in [4.69, 9.17) is 0 Å². The summed E-state index contributed by atoms with van der Waals surface area (Å²) in [6.07, 6.45) is 5.48. The van der Waals surface area contributed by atoms with Gasteiger partial charge in [-0.05, 0) is 24.8 Å². The highest BCUT2D eigenvalue weighted by molar-refractivity contribution is 5.51. The van der Waals surface area contributed by atoms with E-state index in [1.165, 1.54) is 24.8 Å². The van der Waals surface area contributed by atoms with E-state index >= 15 is 0 Å². The Bertz CT molecular complexity index is 622. The predicted octanol–water partition coefficient (Wildman–Crippen LogP) is 3.07. The highest BCUT2D eigenvalue weighted by atomic mass is 15.2. The van der Waals surface area contributed by atoms with Crippen LogP contribution in [0, 0.1) is 0 Å². The first-order valence-corrected chi connectivity index (χ1v) is 8.27. The molecule has 2 aromatic rings. The van der Waals surface area contributed by atoms with Crippen LogP contribution in [0.2, 0.25) is 0 Å². The third-order valence-corrected chi connectivity index (χ3v) is 4.85. The summed E-state index contributed by atoms with van der Waals surface area (Å²) in [7, 11) is 0. The SMILES string of the molecule is c1ccc(C2CCN(c3cc(N4CCCC4)ncn3)C2)cc1. The quantitative estimate of drug-likeness (QED) is 0.871. The van der Waals surface area contributed by atoms with Gasteiger partial charge in [0, 0.05) is 38.2 Å². The van der Waals surface area contributed by atoms with Crippen molar-refractivity contribution < 1.29 is 0 Å². The number of nitrogens with zero attached hydrogens (tertiary/aromatic N) is 4. The van der Waals surface area contributed by atoms with Crippen molar-refractivity contribution in [3.63, 3.8) is 0 Å². The van der Waals surface area contributed by atoms with Crippen molar-refractivity contribution in [2.24, 2.45) is 0 Å². The Kier molecular flexibility index (Phi) is 3.67. The number of hydrogen-bond acceptors (Lipinski definition) is 4. The Hall–Kier alpha value is -2.10. The molecule has 3 heterocycles. The first kappa shape index (κ1) is 13.6. The zero-order valence-electron chi connectivity index (χ0n) is 12.9. The van der Waals surface area contributed by atoms with Crippen molar-refractivity contribution >= 4 is 11.6 Å². The van der Waals surface area contributed by atoms with Crippen LogP contribution in [-0.2, 0) is 0 Å². The largest absolute Gasteiger partial charge is 0.356 e. The van der Waals surface area contributed by atoms with Crippen LogP contribution in [0.15, 0.2) is 42.7 Å². The van der Waals surface area contributed by atoms with Gasteiger partial charge in [-0.15, -0.1) is 0 Å². The van der Waals surface area contributed by atoms with E-state index in [9.17, 15) is 0 Å². The lowest BCUT2D eigenvalue weighted by atomic mass is 9.99. The zero-order chi connectivity index (χ0) is 14.8. The molecule has 2 aliphatic rings. The standard InChI is InChI=1S/C18H22N4/c1-2-6-15(7-3-1)16-8-11-22(13-16)18-12-17(19-14-20-18)21-9-4-5-10-21/h1-3,6-7,12,14,16H,4-5,8-11,13H2. The van der Waals surface area contributed by atoms with Gasteiger partial charge in [-0.1, -0.05) is 30.3 Å². The van der Waals surface area contributed by atoms with Gasteiger partial charge in [-0.2, -0.15) is 0 Å². The Balaban J connectivity index is 1.50. The lowest BCUT2D eigenvalue weighted by molar-refractivity contribution is 0.774. The summed E-state index contributed by atoms with van der Waals surface area (Å²) in [4.78, 5) is 13.7. The highest BCUT2D eigenvalue weighted by Gasteiger charge is 2.25. The molecule has 1 unspecified atom stereocenters. The summed E-state index contributed by atoms with van der Waals surface area (Å²) in [5, 5.41) is 0. The van der Waals surface area contributed by atoms with Gasteiger partial charge < -0.3 is 9.80 Å². The molecule has 0 aliphatic carbocycles. The first-order valence-electron chi connectivity index (χ1n) is 8.27. The molecule has 0 N–H and O–H groups in total. The Morgan fingerprint density at radius 3 is 2.36 bits per heavy atom. The molecule has 0 amide bonds. The monoisotopic (exact) mass is 294 g/mol. The number of aromatic nitrogens is 2. The lowest BCUT2D eigenvalue weighted by Gasteiger charge is -2.21. The molecule has 0 bridgehead atoms. The van der Waals surface area contributed by atoms with Gasteiger partial charge in [0.15, 0.2) is 0 Å². The minimum atomic E-state index is 0.617. The van der Waals surface area contributed by atoms with Gasteiger partial charge in [-0.25, -0.2) is 9.97 Å². The Morgan fingerprint density at radius 2 is 1.59 bits per heavy atom. The van der Waals surface area contributed by atoms with Gasteiger partial charge in [0.25, 0.3) is 0 Å². The number of rotatable bonds is 3. The van der Waals surface area contributed by atoms with Crippen molar-refractivity contribution in [1.82, 2.24) is 9.97 Å². The number of anilines is 2. The molecule has 0 spiro atoms. The van der Waals surface area contributed by atoms with Crippen molar-refractivity contribution in [3.05, 3.63) is 48.3 Å². The van der Waals surface area contributed by atoms with Crippen LogP contribution in [-0.4, -0.2) is 36.1 Å². The number of hydrogen-bond donors (Lipinski definition) is 0. The fourth-order valence-corrected chi connectivity index (χ4v) is 3.59. The van der Waals surface area contributed by atoms with E-state index in [0.29, 0.717) is 5.92 Å². The molecule has 1 aromatic heterocycles. The van der Waals surface area contributed by atoms with E-state index in [1.54, 1.807) is 6.33 Å². The fraction of sp³-hybridized carbons (Fsp3) is 0.444. The van der Waals surface area contributed by atoms with E-state index in [2.05, 4.69) is 56.2 Å². The minimum Gasteiger partial charge on any atom is -0.356 e. The Morgan fingerprint density at radius 1 is 0.864 bits per heavy atom. The highest BCUT2D eigenvalue weighted by Crippen LogP contribution is 2.31. The maximum atomic E-state index is 4.51. The lowest BCUT2D eigenvalue weighted by Crippen LogP contribution is -2.23. The smallest absolute Gasteiger partial charge is 0.134 e. The van der Waals surface area contributed by atoms with Gasteiger partial charge in [0.1, 0.15) is 18.0 Å². The molecule has 22 heavy (non-hydrogen) atoms. The minimum absolute atomic E-state index is 0.617. The summed E-state index contributed by atoms with van der Waals surface area (Å²) in [5.74, 6) is 2.78. The molecule has 4 rings (SSSR count). The van der Waals surface area contributed by atoms with Crippen LogP contribution >= 0.6 is 0 Å². The molecule has 0 radical (unpaired) electrons. The third-order valence-electron chi connectivity index (χ3n) is 4.85. The first-order chi connectivity index (χ1) is 10.9. The van der Waals surface area contributed by atoms with Crippen molar-refractivity contribution in [1.29, 1.82) is 0 Å². The summed E-state index contributed by atoms with van der Waals surface area (Å²) < 4.78 is 0. The Labute approximate surface area is 131 Å². The maximum absolute atomic E-state index is 4.51. The fourth-order valence-electron chi connectivity index (χ4n) is 3.59. The summed E-state index contributed by atoms with van der Waals surface area (Å²) in [5.41, 5.74) is 1.44. The number of benzene rings is 1. The second-order valence-electron chi connectivity index (χ2n) is 6.27. The summed E-state index contributed by atoms with van der Waals surface area (Å²) in [6, 6.07) is 13.0. The predicted molar refractivity (Wildman–Crippen MR) is 89.5 cm³/mol. The van der Waals surface area contributed by atoms with Crippen molar-refractivity contribution in [3.8, 4) is 0 Å². The molecule has 4 nitrogen and oxygen atoms in total. The molecular formula is C18H22N4. The second kappa shape index (κ2) is 5.95. The van der Waals surface area contributed by atoms with Gasteiger partial charge in [-0.3, -0.25) is 0 Å². The van der Waals surface area contributed by atoms with E-state index < -0.39 is 0 Å². The normalized spacial score (nSPS) is 21.5. The van der Waals surface area contributed by atoms with E-state index in [-0.39, 0.29) is 0 Å². The van der Waals surface area contributed by atoms with Crippen LogP contribution in [0.4, 0.5) is 11.6 Å². The molecule has 2 fully saturated rings. The van der Waals surface area contributed by atoms with Gasteiger partial charge >= 0.3 is 0 Å². The summed E-state index contributed by atoms with van der Waals surface area (Å²) in [6.45, 7) is 4.39.